The highest BCUT2D eigenvalue weighted by Gasteiger charge is 2.31. The van der Waals surface area contributed by atoms with Gasteiger partial charge in [-0.25, -0.2) is 13.1 Å². The Bertz CT molecular complexity index is 876. The molecule has 0 amide bonds. The highest BCUT2D eigenvalue weighted by atomic mass is 32.2. The molecule has 0 aliphatic carbocycles. The first-order valence-corrected chi connectivity index (χ1v) is 9.86. The van der Waals surface area contributed by atoms with Gasteiger partial charge in [-0.15, -0.1) is 13.2 Å². The molecule has 2 rings (SSSR count). The molecule has 2 aromatic carbocycles. The van der Waals surface area contributed by atoms with E-state index in [9.17, 15) is 21.6 Å². The minimum absolute atomic E-state index is 0.0609. The average Bonchev–Trinajstić information content (AvgIpc) is 2.59. The number of hydrogen-bond donors (Lipinski definition) is 1. The Kier molecular flexibility index (Phi) is 6.21. The first kappa shape index (κ1) is 21.2. The minimum Gasteiger partial charge on any atom is -0.406 e. The summed E-state index contributed by atoms with van der Waals surface area (Å²) in [5.74, 6) is -0.398. The van der Waals surface area contributed by atoms with Crippen LogP contribution in [0.3, 0.4) is 0 Å². The van der Waals surface area contributed by atoms with Crippen molar-refractivity contribution in [2.75, 3.05) is 0 Å². The van der Waals surface area contributed by atoms with Crippen molar-refractivity contribution in [2.45, 2.75) is 50.4 Å². The van der Waals surface area contributed by atoms with Gasteiger partial charge in [0.25, 0.3) is 0 Å². The van der Waals surface area contributed by atoms with Crippen LogP contribution in [0.1, 0.15) is 38.3 Å². The highest BCUT2D eigenvalue weighted by Crippen LogP contribution is 2.27. The molecule has 148 valence electrons. The second-order valence-corrected chi connectivity index (χ2v) is 8.55. The van der Waals surface area contributed by atoms with Gasteiger partial charge in [0, 0.05) is 6.54 Å². The molecular weight excluding hydrogens is 379 g/mol. The number of hydrogen-bond acceptors (Lipinski definition) is 3. The predicted molar refractivity (Wildman–Crippen MR) is 96.9 cm³/mol. The number of ether oxygens (including phenoxy) is 1. The highest BCUT2D eigenvalue weighted by molar-refractivity contribution is 7.89. The average molecular weight is 401 g/mol. The maximum atomic E-state index is 12.4. The fraction of sp³-hybridized carbons (Fsp3) is 0.368. The summed E-state index contributed by atoms with van der Waals surface area (Å²) in [6, 6.07) is 11.8. The van der Waals surface area contributed by atoms with Gasteiger partial charge < -0.3 is 4.74 Å². The van der Waals surface area contributed by atoms with Crippen LogP contribution in [0.2, 0.25) is 0 Å². The van der Waals surface area contributed by atoms with Crippen LogP contribution in [0.15, 0.2) is 53.4 Å². The quantitative estimate of drug-likeness (QED) is 0.728. The van der Waals surface area contributed by atoms with Crippen molar-refractivity contribution in [3.8, 4) is 5.75 Å². The smallest absolute Gasteiger partial charge is 0.406 e. The lowest BCUT2D eigenvalue weighted by molar-refractivity contribution is -0.274. The molecule has 0 saturated carbocycles. The molecule has 0 aliphatic rings. The number of sulfonamides is 1. The van der Waals surface area contributed by atoms with E-state index in [0.29, 0.717) is 5.56 Å². The maximum absolute atomic E-state index is 12.4. The van der Waals surface area contributed by atoms with Gasteiger partial charge in [0.2, 0.25) is 10.0 Å². The number of nitrogens with one attached hydrogen (secondary N) is 1. The maximum Gasteiger partial charge on any atom is 0.573 e. The van der Waals surface area contributed by atoms with E-state index in [2.05, 4.69) is 30.2 Å². The molecule has 0 aromatic heterocycles. The van der Waals surface area contributed by atoms with E-state index in [1.165, 1.54) is 24.3 Å². The summed E-state index contributed by atoms with van der Waals surface area (Å²) < 4.78 is 67.9. The lowest BCUT2D eigenvalue weighted by atomic mass is 9.82. The standard InChI is InChI=1S/C19H22F3NO3S/c1-4-18(2,3)15-8-10-17(11-9-15)27(24,25)23-13-14-6-5-7-16(12-14)26-19(20,21)22/h5-12,23H,4,13H2,1-3H3. The summed E-state index contributed by atoms with van der Waals surface area (Å²) >= 11 is 0. The fourth-order valence-electron chi connectivity index (χ4n) is 2.40. The molecule has 0 bridgehead atoms. The first-order chi connectivity index (χ1) is 12.4. The zero-order valence-corrected chi connectivity index (χ0v) is 16.1. The number of rotatable bonds is 7. The summed E-state index contributed by atoms with van der Waals surface area (Å²) in [6.45, 7) is 6.05. The molecule has 0 saturated heterocycles. The van der Waals surface area contributed by atoms with Crippen LogP contribution in [0.25, 0.3) is 0 Å². The van der Waals surface area contributed by atoms with Crippen molar-refractivity contribution in [1.82, 2.24) is 4.72 Å². The summed E-state index contributed by atoms with van der Waals surface area (Å²) in [5, 5.41) is 0. The number of halogens is 3. The molecule has 0 aliphatic heterocycles. The number of alkyl halides is 3. The Morgan fingerprint density at radius 2 is 1.67 bits per heavy atom. The van der Waals surface area contributed by atoms with Gasteiger partial charge in [0.05, 0.1) is 4.90 Å². The van der Waals surface area contributed by atoms with Crippen molar-refractivity contribution in [1.29, 1.82) is 0 Å². The van der Waals surface area contributed by atoms with Gasteiger partial charge in [-0.1, -0.05) is 45.0 Å². The van der Waals surface area contributed by atoms with Crippen LogP contribution < -0.4 is 9.46 Å². The van der Waals surface area contributed by atoms with Crippen LogP contribution in [0.5, 0.6) is 5.75 Å². The van der Waals surface area contributed by atoms with Crippen LogP contribution >= 0.6 is 0 Å². The fourth-order valence-corrected chi connectivity index (χ4v) is 3.42. The van der Waals surface area contributed by atoms with Gasteiger partial charge >= 0.3 is 6.36 Å². The Balaban J connectivity index is 2.10. The van der Waals surface area contributed by atoms with E-state index < -0.39 is 22.1 Å². The van der Waals surface area contributed by atoms with Gasteiger partial charge in [-0.05, 0) is 47.2 Å². The molecule has 8 heteroatoms. The molecular formula is C19H22F3NO3S. The molecule has 0 fully saturated rings. The summed E-state index contributed by atoms with van der Waals surface area (Å²) in [7, 11) is -3.79. The Hall–Kier alpha value is -2.06. The van der Waals surface area contributed by atoms with E-state index in [0.717, 1.165) is 24.1 Å². The monoisotopic (exact) mass is 401 g/mol. The zero-order valence-electron chi connectivity index (χ0n) is 15.3. The van der Waals surface area contributed by atoms with Crippen LogP contribution in [-0.4, -0.2) is 14.8 Å². The second-order valence-electron chi connectivity index (χ2n) is 6.78. The van der Waals surface area contributed by atoms with E-state index in [1.54, 1.807) is 12.1 Å². The predicted octanol–water partition coefficient (Wildman–Crippen LogP) is 4.75. The molecule has 2 aromatic rings. The first-order valence-electron chi connectivity index (χ1n) is 8.38. The Morgan fingerprint density at radius 3 is 2.22 bits per heavy atom. The Labute approximate surface area is 157 Å². The van der Waals surface area contributed by atoms with Crippen molar-refractivity contribution >= 4 is 10.0 Å². The number of benzene rings is 2. The van der Waals surface area contributed by atoms with Gasteiger partial charge in [0.1, 0.15) is 5.75 Å². The second kappa shape index (κ2) is 7.90. The van der Waals surface area contributed by atoms with E-state index in [-0.39, 0.29) is 16.9 Å². The molecule has 1 N–H and O–H groups in total. The summed E-state index contributed by atoms with van der Waals surface area (Å²) in [6.07, 6.45) is -3.89. The molecule has 0 heterocycles. The molecule has 27 heavy (non-hydrogen) atoms. The van der Waals surface area contributed by atoms with Gasteiger partial charge in [-0.2, -0.15) is 0 Å². The third-order valence-electron chi connectivity index (χ3n) is 4.43. The lowest BCUT2D eigenvalue weighted by Crippen LogP contribution is -2.24. The summed E-state index contributed by atoms with van der Waals surface area (Å²) in [5.41, 5.74) is 1.32. The zero-order chi connectivity index (χ0) is 20.3. The van der Waals surface area contributed by atoms with Crippen LogP contribution in [0, 0.1) is 0 Å². The Morgan fingerprint density at radius 1 is 1.04 bits per heavy atom. The third kappa shape index (κ3) is 5.97. The minimum atomic E-state index is -4.80. The third-order valence-corrected chi connectivity index (χ3v) is 5.85. The van der Waals surface area contributed by atoms with Crippen molar-refractivity contribution in [3.63, 3.8) is 0 Å². The molecule has 4 nitrogen and oxygen atoms in total. The molecule has 0 radical (unpaired) electrons. The molecule has 0 unspecified atom stereocenters. The molecule has 0 spiro atoms. The van der Waals surface area contributed by atoms with Crippen LogP contribution in [0.4, 0.5) is 13.2 Å². The van der Waals surface area contributed by atoms with E-state index >= 15 is 0 Å². The van der Waals surface area contributed by atoms with Crippen molar-refractivity contribution < 1.29 is 26.3 Å². The lowest BCUT2D eigenvalue weighted by Gasteiger charge is -2.23. The van der Waals surface area contributed by atoms with Crippen LogP contribution in [-0.2, 0) is 22.0 Å². The molecule has 0 atom stereocenters. The SMILES string of the molecule is CCC(C)(C)c1ccc(S(=O)(=O)NCc2cccc(OC(F)(F)F)c2)cc1. The van der Waals surface area contributed by atoms with Crippen molar-refractivity contribution in [3.05, 3.63) is 59.7 Å². The van der Waals surface area contributed by atoms with E-state index in [4.69, 9.17) is 0 Å². The van der Waals surface area contributed by atoms with Gasteiger partial charge in [-0.3, -0.25) is 0 Å². The van der Waals surface area contributed by atoms with E-state index in [1.807, 2.05) is 0 Å². The topological polar surface area (TPSA) is 55.4 Å². The normalized spacial score (nSPS) is 12.8. The summed E-state index contributed by atoms with van der Waals surface area (Å²) in [4.78, 5) is 0.0980. The van der Waals surface area contributed by atoms with Gasteiger partial charge in [0.15, 0.2) is 0 Å². The largest absolute Gasteiger partial charge is 0.573 e. The van der Waals surface area contributed by atoms with Crippen molar-refractivity contribution in [2.24, 2.45) is 0 Å².